The summed E-state index contributed by atoms with van der Waals surface area (Å²) in [4.78, 5) is 4.69. The molecular weight excluding hydrogens is 290 g/mol. The third-order valence-electron chi connectivity index (χ3n) is 4.29. The Bertz CT molecular complexity index is 817. The van der Waals surface area contributed by atoms with Gasteiger partial charge in [0.05, 0.1) is 23.3 Å². The van der Waals surface area contributed by atoms with Crippen LogP contribution in [0.4, 0.5) is 0 Å². The van der Waals surface area contributed by atoms with Crippen LogP contribution in [0.5, 0.6) is 0 Å². The summed E-state index contributed by atoms with van der Waals surface area (Å²) in [6.45, 7) is 4.27. The summed E-state index contributed by atoms with van der Waals surface area (Å²) in [5.41, 5.74) is 1.91. The molecule has 0 spiro atoms. The molecule has 1 aromatic carbocycles. The molecule has 0 bridgehead atoms. The molecule has 2 unspecified atom stereocenters. The highest BCUT2D eigenvalue weighted by atomic mass is 16.3. The molecule has 2 aromatic heterocycles. The number of hydrogen-bond acceptors (Lipinski definition) is 4. The first kappa shape index (κ1) is 15.7. The van der Waals surface area contributed by atoms with Gasteiger partial charge in [-0.2, -0.15) is 5.10 Å². The lowest BCUT2D eigenvalue weighted by molar-refractivity contribution is 0.0539. The van der Waals surface area contributed by atoms with E-state index in [1.807, 2.05) is 38.5 Å². The van der Waals surface area contributed by atoms with Gasteiger partial charge in [0.15, 0.2) is 0 Å². The van der Waals surface area contributed by atoms with Crippen molar-refractivity contribution >= 4 is 11.0 Å². The lowest BCUT2D eigenvalue weighted by Gasteiger charge is -2.25. The highest BCUT2D eigenvalue weighted by Gasteiger charge is 2.26. The molecule has 3 aromatic rings. The minimum atomic E-state index is -0.979. The van der Waals surface area contributed by atoms with E-state index in [1.165, 1.54) is 0 Å². The third-order valence-corrected chi connectivity index (χ3v) is 4.29. The second kappa shape index (κ2) is 5.79. The van der Waals surface area contributed by atoms with E-state index < -0.39 is 5.60 Å². The first-order valence-corrected chi connectivity index (χ1v) is 7.75. The molecule has 3 rings (SSSR count). The summed E-state index contributed by atoms with van der Waals surface area (Å²) in [7, 11) is 3.86. The van der Waals surface area contributed by atoms with Crippen LogP contribution >= 0.6 is 0 Å². The molecule has 2 heterocycles. The monoisotopic (exact) mass is 313 g/mol. The van der Waals surface area contributed by atoms with Crippen LogP contribution in [-0.2, 0) is 19.7 Å². The second-order valence-electron chi connectivity index (χ2n) is 6.30. The number of nitrogens with one attached hydrogen (secondary N) is 1. The fourth-order valence-electron chi connectivity index (χ4n) is 2.80. The second-order valence-corrected chi connectivity index (χ2v) is 6.30. The van der Waals surface area contributed by atoms with E-state index >= 15 is 0 Å². The summed E-state index contributed by atoms with van der Waals surface area (Å²) in [5, 5.41) is 18.2. The van der Waals surface area contributed by atoms with Gasteiger partial charge in [-0.1, -0.05) is 12.1 Å². The van der Waals surface area contributed by atoms with Gasteiger partial charge in [0.25, 0.3) is 0 Å². The van der Waals surface area contributed by atoms with Crippen LogP contribution in [0.2, 0.25) is 0 Å². The Labute approximate surface area is 135 Å². The van der Waals surface area contributed by atoms with Crippen molar-refractivity contribution in [2.24, 2.45) is 14.1 Å². The predicted octanol–water partition coefficient (Wildman–Crippen LogP) is 1.87. The zero-order chi connectivity index (χ0) is 16.6. The molecule has 0 saturated carbocycles. The van der Waals surface area contributed by atoms with Crippen LogP contribution in [0.15, 0.2) is 36.7 Å². The number of para-hydroxylation sites is 2. The molecule has 6 nitrogen and oxygen atoms in total. The van der Waals surface area contributed by atoms with E-state index in [9.17, 15) is 5.11 Å². The molecule has 2 atom stereocenters. The molecule has 0 aliphatic rings. The first-order chi connectivity index (χ1) is 10.9. The summed E-state index contributed by atoms with van der Waals surface area (Å²) in [5.74, 6) is 0.952. The van der Waals surface area contributed by atoms with Gasteiger partial charge >= 0.3 is 0 Å². The zero-order valence-electron chi connectivity index (χ0n) is 14.0. The van der Waals surface area contributed by atoms with Gasteiger partial charge in [-0.3, -0.25) is 4.68 Å². The van der Waals surface area contributed by atoms with Gasteiger partial charge in [0.2, 0.25) is 0 Å². The van der Waals surface area contributed by atoms with Gasteiger partial charge < -0.3 is 15.0 Å². The third kappa shape index (κ3) is 3.00. The Morgan fingerprint density at radius 2 is 2.04 bits per heavy atom. The number of hydrogen-bond donors (Lipinski definition) is 2. The van der Waals surface area contributed by atoms with E-state index in [2.05, 4.69) is 28.0 Å². The van der Waals surface area contributed by atoms with Crippen LogP contribution in [0.1, 0.15) is 31.3 Å². The Hall–Kier alpha value is -2.18. The van der Waals surface area contributed by atoms with Crippen molar-refractivity contribution in [1.29, 1.82) is 0 Å². The van der Waals surface area contributed by atoms with E-state index in [0.717, 1.165) is 22.4 Å². The van der Waals surface area contributed by atoms with Crippen molar-refractivity contribution in [2.75, 3.05) is 6.54 Å². The van der Waals surface area contributed by atoms with Gasteiger partial charge in [0.1, 0.15) is 11.4 Å². The van der Waals surface area contributed by atoms with E-state index in [1.54, 1.807) is 17.8 Å². The number of aliphatic hydroxyl groups is 1. The SMILES string of the molecule is CC(NCC(C)(O)c1cnn(C)c1)c1nc2ccccc2n1C. The number of imidazole rings is 1. The quantitative estimate of drug-likeness (QED) is 0.754. The summed E-state index contributed by atoms with van der Waals surface area (Å²) < 4.78 is 3.78. The molecule has 0 radical (unpaired) electrons. The van der Waals surface area contributed by atoms with Gasteiger partial charge in [-0.15, -0.1) is 0 Å². The van der Waals surface area contributed by atoms with E-state index in [0.29, 0.717) is 6.54 Å². The fraction of sp³-hybridized carbons (Fsp3) is 0.412. The maximum absolute atomic E-state index is 10.7. The summed E-state index contributed by atoms with van der Waals surface area (Å²) >= 11 is 0. The summed E-state index contributed by atoms with van der Waals surface area (Å²) in [6, 6.07) is 8.10. The lowest BCUT2D eigenvalue weighted by atomic mass is 9.99. The fourth-order valence-corrected chi connectivity index (χ4v) is 2.80. The smallest absolute Gasteiger partial charge is 0.126 e. The number of aryl methyl sites for hydroxylation is 2. The Morgan fingerprint density at radius 1 is 1.30 bits per heavy atom. The lowest BCUT2D eigenvalue weighted by Crippen LogP contribution is -2.37. The maximum Gasteiger partial charge on any atom is 0.126 e. The molecule has 0 aliphatic carbocycles. The predicted molar refractivity (Wildman–Crippen MR) is 89.9 cm³/mol. The van der Waals surface area contributed by atoms with Gasteiger partial charge in [0, 0.05) is 32.4 Å². The summed E-state index contributed by atoms with van der Waals surface area (Å²) in [6.07, 6.45) is 3.53. The van der Waals surface area contributed by atoms with Gasteiger partial charge in [-0.25, -0.2) is 4.98 Å². The van der Waals surface area contributed by atoms with Crippen molar-refractivity contribution < 1.29 is 5.11 Å². The molecule has 122 valence electrons. The maximum atomic E-state index is 10.7. The molecular formula is C17H23N5O. The molecule has 6 heteroatoms. The number of nitrogens with zero attached hydrogens (tertiary/aromatic N) is 4. The largest absolute Gasteiger partial charge is 0.384 e. The van der Waals surface area contributed by atoms with Crippen molar-refractivity contribution in [3.63, 3.8) is 0 Å². The molecule has 0 aliphatic heterocycles. The minimum absolute atomic E-state index is 0.0237. The van der Waals surface area contributed by atoms with Crippen LogP contribution < -0.4 is 5.32 Å². The van der Waals surface area contributed by atoms with Crippen molar-refractivity contribution in [1.82, 2.24) is 24.6 Å². The molecule has 23 heavy (non-hydrogen) atoms. The highest BCUT2D eigenvalue weighted by molar-refractivity contribution is 5.75. The Balaban J connectivity index is 1.76. The molecule has 0 saturated heterocycles. The average Bonchev–Trinajstić information content (AvgIpc) is 3.10. The topological polar surface area (TPSA) is 67.9 Å². The van der Waals surface area contributed by atoms with Crippen LogP contribution in [-0.4, -0.2) is 31.0 Å². The number of rotatable bonds is 5. The average molecular weight is 313 g/mol. The standard InChI is InChI=1S/C17H23N5O/c1-12(16-20-14-7-5-6-8-15(14)22(16)4)18-11-17(2,23)13-9-19-21(3)10-13/h5-10,12,18,23H,11H2,1-4H3. The van der Waals surface area contributed by atoms with Crippen LogP contribution in [0, 0.1) is 0 Å². The minimum Gasteiger partial charge on any atom is -0.384 e. The van der Waals surface area contributed by atoms with Crippen molar-refractivity contribution in [3.05, 3.63) is 48.0 Å². The Morgan fingerprint density at radius 3 is 2.70 bits per heavy atom. The Kier molecular flexibility index (Phi) is 3.95. The van der Waals surface area contributed by atoms with E-state index in [4.69, 9.17) is 4.98 Å². The van der Waals surface area contributed by atoms with Crippen molar-refractivity contribution in [2.45, 2.75) is 25.5 Å². The highest BCUT2D eigenvalue weighted by Crippen LogP contribution is 2.22. The molecule has 0 amide bonds. The van der Waals surface area contributed by atoms with Gasteiger partial charge in [-0.05, 0) is 26.0 Å². The van der Waals surface area contributed by atoms with Crippen LogP contribution in [0.3, 0.4) is 0 Å². The molecule has 2 N–H and O–H groups in total. The normalized spacial score (nSPS) is 15.7. The number of benzene rings is 1. The molecule has 0 fully saturated rings. The first-order valence-electron chi connectivity index (χ1n) is 7.75. The zero-order valence-corrected chi connectivity index (χ0v) is 14.0. The number of fused-ring (bicyclic) bond motifs is 1. The van der Waals surface area contributed by atoms with Crippen LogP contribution in [0.25, 0.3) is 11.0 Å². The van der Waals surface area contributed by atoms with E-state index in [-0.39, 0.29) is 6.04 Å². The van der Waals surface area contributed by atoms with Crippen molar-refractivity contribution in [3.8, 4) is 0 Å². The number of aromatic nitrogens is 4.